The molecule has 3 aliphatic carbocycles. The summed E-state index contributed by atoms with van der Waals surface area (Å²) in [7, 11) is 0. The first-order valence-corrected chi connectivity index (χ1v) is 13.5. The number of hydrogen-bond acceptors (Lipinski definition) is 9. The van der Waals surface area contributed by atoms with Crippen LogP contribution in [0.5, 0.6) is 5.75 Å². The number of nitrogens with zero attached hydrogens (tertiary/aromatic N) is 1. The highest BCUT2D eigenvalue weighted by Crippen LogP contribution is 2.66. The van der Waals surface area contributed by atoms with Gasteiger partial charge < -0.3 is 29.2 Å². The van der Waals surface area contributed by atoms with E-state index in [1.54, 1.807) is 37.5 Å². The number of pyridine rings is 1. The molecule has 0 aromatic carbocycles. The Morgan fingerprint density at radius 2 is 1.92 bits per heavy atom. The molecule has 3 heterocycles. The van der Waals surface area contributed by atoms with E-state index in [1.807, 2.05) is 13.8 Å². The number of carbonyl (C=O) groups is 1. The van der Waals surface area contributed by atoms with Gasteiger partial charge in [0.2, 0.25) is 0 Å². The Morgan fingerprint density at radius 3 is 2.61 bits per heavy atom. The summed E-state index contributed by atoms with van der Waals surface area (Å²) in [5.41, 5.74) is -2.76. The molecule has 204 valence electrons. The fourth-order valence-electron chi connectivity index (χ4n) is 7.72. The Morgan fingerprint density at radius 1 is 1.16 bits per heavy atom. The fourth-order valence-corrected chi connectivity index (χ4v) is 7.72. The van der Waals surface area contributed by atoms with Gasteiger partial charge >= 0.3 is 11.6 Å². The second-order valence-corrected chi connectivity index (χ2v) is 12.4. The van der Waals surface area contributed by atoms with E-state index >= 15 is 0 Å². The van der Waals surface area contributed by atoms with E-state index in [9.17, 15) is 24.9 Å². The zero-order valence-corrected chi connectivity index (χ0v) is 21.9. The van der Waals surface area contributed by atoms with Crippen molar-refractivity contribution >= 4 is 5.97 Å². The minimum atomic E-state index is -1.26. The predicted molar refractivity (Wildman–Crippen MR) is 135 cm³/mol. The standard InChI is InChI=1S/C29H35NO8/c1-27-9-8-20(31)28(2,14-36-25(34)15-6-7-15)19(27)12-21(32)29(3)24(27)23(33)22-18(38-29)11-17(37-26(22)35)16-5-4-10-30-13-16/h4-5,10-11,13,15,19-21,23-24,31-33H,6-9,12,14H2,1-3H3/t19?,20-,21-,23-,24?,27-,28?,29+/m0/s1. The van der Waals surface area contributed by atoms with E-state index in [0.717, 1.165) is 12.8 Å². The van der Waals surface area contributed by atoms with Crippen LogP contribution in [0.1, 0.15) is 64.5 Å². The third-order valence-corrected chi connectivity index (χ3v) is 10.0. The number of ether oxygens (including phenoxy) is 2. The van der Waals surface area contributed by atoms with Gasteiger partial charge in [0.1, 0.15) is 22.7 Å². The van der Waals surface area contributed by atoms with Gasteiger partial charge in [-0.25, -0.2) is 4.79 Å². The van der Waals surface area contributed by atoms with Crippen LogP contribution in [0, 0.1) is 28.6 Å². The van der Waals surface area contributed by atoms with Crippen molar-refractivity contribution in [1.82, 2.24) is 4.98 Å². The zero-order chi connectivity index (χ0) is 27.0. The maximum absolute atomic E-state index is 13.2. The number of aromatic nitrogens is 1. The Kier molecular flexibility index (Phi) is 5.79. The van der Waals surface area contributed by atoms with Gasteiger partial charge in [0, 0.05) is 35.4 Å². The first-order valence-electron chi connectivity index (χ1n) is 13.5. The highest BCUT2D eigenvalue weighted by molar-refractivity contribution is 5.74. The summed E-state index contributed by atoms with van der Waals surface area (Å²) in [6.45, 7) is 5.74. The van der Waals surface area contributed by atoms with Gasteiger partial charge in [-0.3, -0.25) is 9.78 Å². The molecule has 4 aliphatic rings. The molecule has 9 heteroatoms. The molecule has 0 bridgehead atoms. The molecule has 9 nitrogen and oxygen atoms in total. The lowest BCUT2D eigenvalue weighted by Crippen LogP contribution is -2.70. The zero-order valence-electron chi connectivity index (χ0n) is 21.9. The van der Waals surface area contributed by atoms with Gasteiger partial charge in [-0.05, 0) is 62.5 Å². The molecule has 3 N–H and O–H groups in total. The van der Waals surface area contributed by atoms with E-state index in [4.69, 9.17) is 13.9 Å². The Labute approximate surface area is 220 Å². The number of aliphatic hydroxyl groups excluding tert-OH is 3. The van der Waals surface area contributed by atoms with Crippen molar-refractivity contribution < 1.29 is 34.0 Å². The molecule has 3 fully saturated rings. The monoisotopic (exact) mass is 525 g/mol. The van der Waals surface area contributed by atoms with Crippen molar-refractivity contribution in [3.8, 4) is 17.1 Å². The van der Waals surface area contributed by atoms with Crippen LogP contribution in [0.3, 0.4) is 0 Å². The molecule has 1 aliphatic heterocycles. The second-order valence-electron chi connectivity index (χ2n) is 12.4. The summed E-state index contributed by atoms with van der Waals surface area (Å²) in [6, 6.07) is 5.06. The lowest BCUT2D eigenvalue weighted by atomic mass is 9.42. The van der Waals surface area contributed by atoms with Gasteiger partial charge in [-0.15, -0.1) is 0 Å². The highest BCUT2D eigenvalue weighted by Gasteiger charge is 2.69. The highest BCUT2D eigenvalue weighted by atomic mass is 16.5. The van der Waals surface area contributed by atoms with Crippen LogP contribution in [0.4, 0.5) is 0 Å². The molecule has 0 amide bonds. The molecule has 2 aromatic rings. The Bertz CT molecular complexity index is 1310. The van der Waals surface area contributed by atoms with Crippen LogP contribution in [-0.2, 0) is 9.53 Å². The fraction of sp³-hybridized carbons (Fsp3) is 0.621. The van der Waals surface area contributed by atoms with E-state index in [0.29, 0.717) is 18.4 Å². The van der Waals surface area contributed by atoms with E-state index in [-0.39, 0.29) is 47.9 Å². The number of fused-ring (bicyclic) bond motifs is 4. The lowest BCUT2D eigenvalue weighted by molar-refractivity contribution is -0.265. The summed E-state index contributed by atoms with van der Waals surface area (Å²) in [6.07, 6.45) is 3.09. The average molecular weight is 526 g/mol. The van der Waals surface area contributed by atoms with Crippen molar-refractivity contribution in [3.05, 3.63) is 46.6 Å². The third kappa shape index (κ3) is 3.66. The number of aliphatic hydroxyl groups is 3. The normalized spacial score (nSPS) is 39.8. The number of hydrogen-bond donors (Lipinski definition) is 3. The molecule has 0 saturated heterocycles. The molecule has 0 radical (unpaired) electrons. The quantitative estimate of drug-likeness (QED) is 0.514. The molecule has 3 unspecified atom stereocenters. The minimum Gasteiger partial charge on any atom is -0.484 e. The van der Waals surface area contributed by atoms with Crippen molar-refractivity contribution in [2.24, 2.45) is 28.6 Å². The van der Waals surface area contributed by atoms with Crippen molar-refractivity contribution in [1.29, 1.82) is 0 Å². The molecular formula is C29H35NO8. The van der Waals surface area contributed by atoms with Crippen molar-refractivity contribution in [2.75, 3.05) is 6.61 Å². The first kappa shape index (κ1) is 25.5. The van der Waals surface area contributed by atoms with Crippen LogP contribution in [0.15, 0.2) is 39.8 Å². The maximum atomic E-state index is 13.2. The SMILES string of the molecule is CC1(COC(=O)C2CC2)C2C[C@H](O)[C@@]3(C)Oc4cc(-c5cccnc5)oc(=O)c4[C@H](O)C3[C@@]2(C)CC[C@@H]1O. The summed E-state index contributed by atoms with van der Waals surface area (Å²) < 4.78 is 17.7. The van der Waals surface area contributed by atoms with Crippen LogP contribution in [0.25, 0.3) is 11.3 Å². The molecule has 2 aromatic heterocycles. The van der Waals surface area contributed by atoms with Gasteiger partial charge in [-0.1, -0.05) is 13.8 Å². The Balaban J connectivity index is 1.40. The smallest absolute Gasteiger partial charge is 0.345 e. The lowest BCUT2D eigenvalue weighted by Gasteiger charge is -2.66. The molecule has 6 rings (SSSR count). The van der Waals surface area contributed by atoms with Crippen LogP contribution in [-0.4, -0.2) is 50.7 Å². The number of esters is 1. The molecule has 38 heavy (non-hydrogen) atoms. The molecule has 3 saturated carbocycles. The second kappa shape index (κ2) is 8.63. The van der Waals surface area contributed by atoms with Gasteiger partial charge in [-0.2, -0.15) is 0 Å². The summed E-state index contributed by atoms with van der Waals surface area (Å²) in [4.78, 5) is 29.7. The maximum Gasteiger partial charge on any atom is 0.345 e. The van der Waals surface area contributed by atoms with E-state index in [2.05, 4.69) is 4.98 Å². The van der Waals surface area contributed by atoms with Gasteiger partial charge in [0.05, 0.1) is 30.8 Å². The summed E-state index contributed by atoms with van der Waals surface area (Å²) in [5.74, 6) is -0.842. The third-order valence-electron chi connectivity index (χ3n) is 10.0. The largest absolute Gasteiger partial charge is 0.484 e. The van der Waals surface area contributed by atoms with Crippen molar-refractivity contribution in [2.45, 2.75) is 76.8 Å². The topological polar surface area (TPSA) is 139 Å². The molecule has 0 spiro atoms. The predicted octanol–water partition coefficient (Wildman–Crippen LogP) is 3.00. The minimum absolute atomic E-state index is 0.0298. The van der Waals surface area contributed by atoms with Crippen LogP contribution >= 0.6 is 0 Å². The van der Waals surface area contributed by atoms with Crippen molar-refractivity contribution in [3.63, 3.8) is 0 Å². The first-order chi connectivity index (χ1) is 18.0. The summed E-state index contributed by atoms with van der Waals surface area (Å²) in [5, 5.41) is 34.5. The summed E-state index contributed by atoms with van der Waals surface area (Å²) >= 11 is 0. The molecule has 8 atom stereocenters. The van der Waals surface area contributed by atoms with E-state index < -0.39 is 46.3 Å². The number of rotatable bonds is 4. The van der Waals surface area contributed by atoms with Crippen LogP contribution in [0.2, 0.25) is 0 Å². The average Bonchev–Trinajstić information content (AvgIpc) is 3.73. The van der Waals surface area contributed by atoms with Gasteiger partial charge in [0.25, 0.3) is 0 Å². The molecular weight excluding hydrogens is 490 g/mol. The van der Waals surface area contributed by atoms with Crippen LogP contribution < -0.4 is 10.4 Å². The Hall–Kier alpha value is -2.75. The van der Waals surface area contributed by atoms with E-state index in [1.165, 1.54) is 0 Å². The van der Waals surface area contributed by atoms with Gasteiger partial charge in [0.15, 0.2) is 0 Å². The number of carbonyl (C=O) groups excluding carboxylic acids is 1.